The van der Waals surface area contributed by atoms with Crippen molar-refractivity contribution >= 4 is 38.3 Å². The third kappa shape index (κ3) is 2.93. The first kappa shape index (κ1) is 14.4. The molecule has 0 aliphatic carbocycles. The summed E-state index contributed by atoms with van der Waals surface area (Å²) in [4.78, 5) is 15.8. The molecule has 0 bridgehead atoms. The average molecular weight is 342 g/mol. The maximum absolute atomic E-state index is 11.9. The molecule has 0 radical (unpaired) electrons. The molecule has 1 aromatic heterocycles. The van der Waals surface area contributed by atoms with Gasteiger partial charge in [0.15, 0.2) is 5.69 Å². The van der Waals surface area contributed by atoms with Crippen molar-refractivity contribution < 1.29 is 13.6 Å². The van der Waals surface area contributed by atoms with Gasteiger partial charge in [0, 0.05) is 34.1 Å². The number of carbonyl (C=O) groups excluding carboxylic acids is 1. The predicted octanol–water partition coefficient (Wildman–Crippen LogP) is 3.09. The number of nitrogens with two attached hydrogens (primary N) is 1. The van der Waals surface area contributed by atoms with Crippen LogP contribution in [0.4, 0.5) is 14.5 Å². The lowest BCUT2D eigenvalue weighted by molar-refractivity contribution is 0.0954. The molecule has 7 heteroatoms. The van der Waals surface area contributed by atoms with Gasteiger partial charge in [-0.15, -0.1) is 0 Å². The monoisotopic (exact) mass is 341 g/mol. The van der Waals surface area contributed by atoms with Crippen LogP contribution in [0.2, 0.25) is 0 Å². The number of carbonyl (C=O) groups is 1. The zero-order chi connectivity index (χ0) is 14.7. The zero-order valence-corrected chi connectivity index (χ0v) is 11.7. The van der Waals surface area contributed by atoms with Crippen LogP contribution < -0.4 is 11.1 Å². The van der Waals surface area contributed by atoms with E-state index >= 15 is 0 Å². The summed E-state index contributed by atoms with van der Waals surface area (Å²) in [5.74, 6) is -0.595. The van der Waals surface area contributed by atoms with E-state index in [2.05, 4.69) is 26.2 Å². The predicted molar refractivity (Wildman–Crippen MR) is 76.5 cm³/mol. The standard InChI is InChI=1S/C13H10BrF2N3O/c14-9-3-1-2-7-8(9)6-19-12(11(7)17)13(20)18-5-4-10(15)16/h1-4,6H,5,17H2,(H,18,20). The van der Waals surface area contributed by atoms with E-state index in [1.54, 1.807) is 12.1 Å². The van der Waals surface area contributed by atoms with Crippen LogP contribution in [0.25, 0.3) is 10.8 Å². The number of nitrogens with zero attached hydrogens (tertiary/aromatic N) is 1. The third-order valence-corrected chi connectivity index (χ3v) is 3.35. The zero-order valence-electron chi connectivity index (χ0n) is 10.2. The van der Waals surface area contributed by atoms with Crippen molar-refractivity contribution in [1.82, 2.24) is 10.3 Å². The summed E-state index contributed by atoms with van der Waals surface area (Å²) in [6.45, 7) is -0.279. The van der Waals surface area contributed by atoms with Crippen LogP contribution in [0.1, 0.15) is 10.5 Å². The number of amides is 1. The molecule has 2 rings (SSSR count). The number of fused-ring (bicyclic) bond motifs is 1. The molecule has 0 saturated heterocycles. The van der Waals surface area contributed by atoms with E-state index < -0.39 is 12.0 Å². The summed E-state index contributed by atoms with van der Waals surface area (Å²) in [5, 5.41) is 3.75. The molecule has 0 saturated carbocycles. The fraction of sp³-hybridized carbons (Fsp3) is 0.0769. The van der Waals surface area contributed by atoms with E-state index in [1.165, 1.54) is 6.20 Å². The van der Waals surface area contributed by atoms with Gasteiger partial charge in [0.25, 0.3) is 12.0 Å². The number of nitrogens with one attached hydrogen (secondary N) is 1. The first-order valence-corrected chi connectivity index (χ1v) is 6.42. The normalized spacial score (nSPS) is 10.3. The quantitative estimate of drug-likeness (QED) is 0.901. The van der Waals surface area contributed by atoms with Crippen LogP contribution in [0, 0.1) is 0 Å². The van der Waals surface area contributed by atoms with Crippen molar-refractivity contribution in [3.63, 3.8) is 0 Å². The van der Waals surface area contributed by atoms with Gasteiger partial charge in [-0.25, -0.2) is 4.98 Å². The van der Waals surface area contributed by atoms with Crippen LogP contribution in [-0.2, 0) is 0 Å². The Morgan fingerprint density at radius 2 is 2.15 bits per heavy atom. The van der Waals surface area contributed by atoms with Gasteiger partial charge in [0.1, 0.15) is 0 Å². The van der Waals surface area contributed by atoms with Gasteiger partial charge in [-0.3, -0.25) is 4.79 Å². The van der Waals surface area contributed by atoms with Gasteiger partial charge in [0.2, 0.25) is 0 Å². The Labute approximate surface area is 121 Å². The fourth-order valence-electron chi connectivity index (χ4n) is 1.71. The van der Waals surface area contributed by atoms with Crippen molar-refractivity contribution in [3.05, 3.63) is 46.7 Å². The first-order valence-electron chi connectivity index (χ1n) is 5.62. The highest BCUT2D eigenvalue weighted by atomic mass is 79.9. The number of pyridine rings is 1. The lowest BCUT2D eigenvalue weighted by Gasteiger charge is -2.08. The molecule has 1 heterocycles. The highest BCUT2D eigenvalue weighted by Gasteiger charge is 2.14. The number of halogens is 3. The summed E-state index contributed by atoms with van der Waals surface area (Å²) >= 11 is 3.36. The summed E-state index contributed by atoms with van der Waals surface area (Å²) < 4.78 is 24.6. The second-order valence-electron chi connectivity index (χ2n) is 3.93. The Kier molecular flexibility index (Phi) is 4.29. The second kappa shape index (κ2) is 5.96. The number of aromatic nitrogens is 1. The molecule has 3 N–H and O–H groups in total. The number of nitrogen functional groups attached to an aromatic ring is 1. The maximum atomic E-state index is 11.9. The van der Waals surface area contributed by atoms with Gasteiger partial charge in [0.05, 0.1) is 5.69 Å². The van der Waals surface area contributed by atoms with E-state index in [0.29, 0.717) is 11.5 Å². The second-order valence-corrected chi connectivity index (χ2v) is 4.78. The van der Waals surface area contributed by atoms with Crippen LogP contribution in [0.5, 0.6) is 0 Å². The summed E-state index contributed by atoms with van der Waals surface area (Å²) in [6, 6.07) is 5.37. The molecule has 1 aromatic carbocycles. The van der Waals surface area contributed by atoms with Gasteiger partial charge in [-0.05, 0) is 6.07 Å². The molecular formula is C13H10BrF2N3O. The van der Waals surface area contributed by atoms with Crippen molar-refractivity contribution in [2.45, 2.75) is 0 Å². The summed E-state index contributed by atoms with van der Waals surface area (Å²) in [7, 11) is 0. The van der Waals surface area contributed by atoms with E-state index in [9.17, 15) is 13.6 Å². The van der Waals surface area contributed by atoms with E-state index in [4.69, 9.17) is 5.73 Å². The van der Waals surface area contributed by atoms with Gasteiger partial charge < -0.3 is 11.1 Å². The van der Waals surface area contributed by atoms with Crippen molar-refractivity contribution in [1.29, 1.82) is 0 Å². The Morgan fingerprint density at radius 1 is 1.40 bits per heavy atom. The molecule has 0 unspecified atom stereocenters. The number of hydrogen-bond donors (Lipinski definition) is 2. The minimum atomic E-state index is -1.85. The molecule has 0 atom stereocenters. The molecule has 0 aliphatic heterocycles. The van der Waals surface area contributed by atoms with Gasteiger partial charge in [-0.2, -0.15) is 8.78 Å². The third-order valence-electron chi connectivity index (χ3n) is 2.66. The van der Waals surface area contributed by atoms with Gasteiger partial charge >= 0.3 is 0 Å². The Bertz CT molecular complexity index is 699. The Morgan fingerprint density at radius 3 is 2.85 bits per heavy atom. The number of rotatable bonds is 3. The first-order chi connectivity index (χ1) is 9.50. The SMILES string of the molecule is Nc1c(C(=O)NCC=C(F)F)ncc2c(Br)cccc12. The molecule has 104 valence electrons. The number of hydrogen-bond acceptors (Lipinski definition) is 3. The van der Waals surface area contributed by atoms with Crippen LogP contribution >= 0.6 is 15.9 Å². The molecule has 4 nitrogen and oxygen atoms in total. The van der Waals surface area contributed by atoms with Crippen molar-refractivity contribution in [3.8, 4) is 0 Å². The van der Waals surface area contributed by atoms with E-state index in [0.717, 1.165) is 9.86 Å². The van der Waals surface area contributed by atoms with Crippen LogP contribution in [0.3, 0.4) is 0 Å². The molecule has 1 amide bonds. The Hall–Kier alpha value is -2.02. The molecular weight excluding hydrogens is 332 g/mol. The maximum Gasteiger partial charge on any atom is 0.272 e. The van der Waals surface area contributed by atoms with Crippen LogP contribution in [0.15, 0.2) is 41.0 Å². The number of benzene rings is 1. The molecule has 2 aromatic rings. The Balaban J connectivity index is 2.34. The summed E-state index contributed by atoms with van der Waals surface area (Å²) in [6.07, 6.45) is 0.260. The van der Waals surface area contributed by atoms with E-state index in [1.807, 2.05) is 6.07 Å². The smallest absolute Gasteiger partial charge is 0.272 e. The van der Waals surface area contributed by atoms with Crippen molar-refractivity contribution in [2.75, 3.05) is 12.3 Å². The molecule has 20 heavy (non-hydrogen) atoms. The van der Waals surface area contributed by atoms with E-state index in [-0.39, 0.29) is 17.9 Å². The molecule has 0 aliphatic rings. The summed E-state index contributed by atoms with van der Waals surface area (Å²) in [5.41, 5.74) is 6.14. The minimum absolute atomic E-state index is 0.0169. The highest BCUT2D eigenvalue weighted by molar-refractivity contribution is 9.10. The largest absolute Gasteiger partial charge is 0.396 e. The fourth-order valence-corrected chi connectivity index (χ4v) is 2.18. The van der Waals surface area contributed by atoms with Gasteiger partial charge in [-0.1, -0.05) is 28.1 Å². The highest BCUT2D eigenvalue weighted by Crippen LogP contribution is 2.28. The van der Waals surface area contributed by atoms with Crippen molar-refractivity contribution in [2.24, 2.45) is 0 Å². The topological polar surface area (TPSA) is 68.0 Å². The number of anilines is 1. The minimum Gasteiger partial charge on any atom is -0.396 e. The van der Waals surface area contributed by atoms with Crippen LogP contribution in [-0.4, -0.2) is 17.4 Å². The lowest BCUT2D eigenvalue weighted by Crippen LogP contribution is -2.25. The average Bonchev–Trinajstić information content (AvgIpc) is 2.39. The lowest BCUT2D eigenvalue weighted by atomic mass is 10.1. The molecule has 0 fully saturated rings. The molecule has 0 spiro atoms.